The number of imidazole rings is 1. The third-order valence-corrected chi connectivity index (χ3v) is 7.83. The van der Waals surface area contributed by atoms with Crippen molar-refractivity contribution in [2.75, 3.05) is 6.61 Å². The molecule has 1 aliphatic rings. The maximum atomic E-state index is 15.1. The lowest BCUT2D eigenvalue weighted by Crippen LogP contribution is -2.32. The molecule has 0 aliphatic carbocycles. The molecule has 2 N–H and O–H groups in total. The van der Waals surface area contributed by atoms with E-state index >= 15 is 8.78 Å². The molecular formula is C31H25F4N3O2. The van der Waals surface area contributed by atoms with Gasteiger partial charge in [0.1, 0.15) is 29.5 Å². The second-order valence-electron chi connectivity index (χ2n) is 10.3. The number of para-hydroxylation sites is 1. The number of aldehydes is 1. The first-order valence-electron chi connectivity index (χ1n) is 13.0. The minimum absolute atomic E-state index is 0.0498. The number of nitrogens with zero attached hydrogens (tertiary/aromatic N) is 1. The van der Waals surface area contributed by atoms with Gasteiger partial charge in [-0.25, -0.2) is 22.5 Å². The second-order valence-corrected chi connectivity index (χ2v) is 10.3. The lowest BCUT2D eigenvalue weighted by Gasteiger charge is -2.36. The lowest BCUT2D eigenvalue weighted by molar-refractivity contribution is -0.107. The van der Waals surface area contributed by atoms with Crippen molar-refractivity contribution in [2.45, 2.75) is 38.0 Å². The molecule has 0 bridgehead atoms. The van der Waals surface area contributed by atoms with Gasteiger partial charge in [0.2, 0.25) is 0 Å². The van der Waals surface area contributed by atoms with Gasteiger partial charge in [0, 0.05) is 52.9 Å². The molecule has 40 heavy (non-hydrogen) atoms. The van der Waals surface area contributed by atoms with Crippen LogP contribution in [0.2, 0.25) is 0 Å². The van der Waals surface area contributed by atoms with Crippen LogP contribution in [0.15, 0.2) is 54.9 Å². The van der Waals surface area contributed by atoms with E-state index in [1.54, 1.807) is 6.20 Å². The maximum Gasteiger partial charge on any atom is 0.183 e. The number of H-pyrrole nitrogens is 2. The van der Waals surface area contributed by atoms with Crippen LogP contribution in [-0.4, -0.2) is 27.8 Å². The van der Waals surface area contributed by atoms with E-state index in [-0.39, 0.29) is 28.7 Å². The van der Waals surface area contributed by atoms with Gasteiger partial charge in [-0.3, -0.25) is 0 Å². The standard InChI is InChI=1S/C31H25F4N3O2/c1-31(10-13-40-29-18(5-3-12-39)4-2-6-22(29)31)24-16-37-30(38-24)20-14-17(7-8-23(20)32)15-21-25(33)19-9-11-36-28(19)27(35)26(21)34/h2,4,6-9,11-12,14,16,36H,3,5,10,13,15H2,1H3,(H,37,38). The van der Waals surface area contributed by atoms with E-state index in [9.17, 15) is 13.6 Å². The Bertz CT molecular complexity index is 1760. The molecule has 0 spiro atoms. The molecule has 6 rings (SSSR count). The highest BCUT2D eigenvalue weighted by atomic mass is 19.2. The summed E-state index contributed by atoms with van der Waals surface area (Å²) in [4.78, 5) is 21.1. The molecule has 0 saturated heterocycles. The van der Waals surface area contributed by atoms with Gasteiger partial charge < -0.3 is 19.5 Å². The van der Waals surface area contributed by atoms with Gasteiger partial charge >= 0.3 is 0 Å². The van der Waals surface area contributed by atoms with E-state index in [4.69, 9.17) is 4.74 Å². The molecule has 2 aromatic heterocycles. The van der Waals surface area contributed by atoms with E-state index in [1.807, 2.05) is 18.2 Å². The molecule has 0 amide bonds. The van der Waals surface area contributed by atoms with Crippen molar-refractivity contribution in [3.63, 3.8) is 0 Å². The fourth-order valence-corrected chi connectivity index (χ4v) is 5.57. The van der Waals surface area contributed by atoms with Crippen LogP contribution in [0.4, 0.5) is 17.6 Å². The molecule has 0 radical (unpaired) electrons. The molecule has 1 aliphatic heterocycles. The summed E-state index contributed by atoms with van der Waals surface area (Å²) in [6, 6.07) is 11.3. The fraction of sp³-hybridized carbons (Fsp3) is 0.226. The highest BCUT2D eigenvalue weighted by molar-refractivity contribution is 5.82. The largest absolute Gasteiger partial charge is 0.493 e. The van der Waals surface area contributed by atoms with Crippen LogP contribution < -0.4 is 4.74 Å². The Kier molecular flexibility index (Phi) is 6.44. The zero-order valence-electron chi connectivity index (χ0n) is 21.6. The molecule has 0 saturated carbocycles. The fourth-order valence-electron chi connectivity index (χ4n) is 5.57. The molecule has 0 fully saturated rings. The molecule has 5 nitrogen and oxygen atoms in total. The molecule has 3 aromatic carbocycles. The predicted octanol–water partition coefficient (Wildman–Crippen LogP) is 6.93. The zero-order chi connectivity index (χ0) is 28.0. The number of nitrogens with one attached hydrogen (secondary N) is 2. The molecule has 5 aromatic rings. The van der Waals surface area contributed by atoms with Gasteiger partial charge in [0.15, 0.2) is 11.6 Å². The Morgan fingerprint density at radius 3 is 2.75 bits per heavy atom. The quantitative estimate of drug-likeness (QED) is 0.132. The Hall–Kier alpha value is -4.40. The molecule has 3 heterocycles. The lowest BCUT2D eigenvalue weighted by atomic mass is 9.74. The summed E-state index contributed by atoms with van der Waals surface area (Å²) in [7, 11) is 0. The Morgan fingerprint density at radius 2 is 1.93 bits per heavy atom. The average molecular weight is 548 g/mol. The van der Waals surface area contributed by atoms with Gasteiger partial charge in [-0.2, -0.15) is 0 Å². The van der Waals surface area contributed by atoms with Crippen molar-refractivity contribution in [1.29, 1.82) is 0 Å². The van der Waals surface area contributed by atoms with Crippen molar-refractivity contribution in [3.05, 3.63) is 106 Å². The summed E-state index contributed by atoms with van der Waals surface area (Å²) >= 11 is 0. The molecule has 9 heteroatoms. The summed E-state index contributed by atoms with van der Waals surface area (Å²) in [5.74, 6) is -2.86. The minimum atomic E-state index is -1.28. The van der Waals surface area contributed by atoms with Crippen LogP contribution in [0.3, 0.4) is 0 Å². The number of halogens is 4. The third-order valence-electron chi connectivity index (χ3n) is 7.83. The van der Waals surface area contributed by atoms with Crippen LogP contribution in [0.5, 0.6) is 5.75 Å². The van der Waals surface area contributed by atoms with Crippen LogP contribution >= 0.6 is 0 Å². The van der Waals surface area contributed by atoms with Gasteiger partial charge in [-0.1, -0.05) is 24.3 Å². The van der Waals surface area contributed by atoms with Crippen LogP contribution in [0, 0.1) is 23.3 Å². The number of hydrogen-bond acceptors (Lipinski definition) is 3. The maximum absolute atomic E-state index is 15.1. The first kappa shape index (κ1) is 25.9. The van der Waals surface area contributed by atoms with E-state index in [0.717, 1.165) is 28.9 Å². The Labute approximate surface area is 227 Å². The topological polar surface area (TPSA) is 70.8 Å². The van der Waals surface area contributed by atoms with Crippen molar-refractivity contribution in [2.24, 2.45) is 0 Å². The van der Waals surface area contributed by atoms with E-state index in [1.165, 1.54) is 30.5 Å². The van der Waals surface area contributed by atoms with Gasteiger partial charge in [-0.15, -0.1) is 0 Å². The third kappa shape index (κ3) is 4.16. The number of ether oxygens (including phenoxy) is 1. The van der Waals surface area contributed by atoms with Crippen LogP contribution in [0.25, 0.3) is 22.3 Å². The van der Waals surface area contributed by atoms with Crippen molar-refractivity contribution in [1.82, 2.24) is 15.0 Å². The number of carbonyl (C=O) groups excluding carboxylic acids is 1. The van der Waals surface area contributed by atoms with Crippen LogP contribution in [0.1, 0.15) is 47.7 Å². The normalized spacial score (nSPS) is 16.6. The van der Waals surface area contributed by atoms with E-state index in [2.05, 4.69) is 21.9 Å². The molecule has 204 valence electrons. The van der Waals surface area contributed by atoms with Crippen molar-refractivity contribution < 1.29 is 27.1 Å². The second kappa shape index (κ2) is 9.97. The van der Waals surface area contributed by atoms with Crippen molar-refractivity contribution >= 4 is 17.2 Å². The predicted molar refractivity (Wildman–Crippen MR) is 142 cm³/mol. The number of aromatic nitrogens is 3. The number of benzene rings is 3. The Morgan fingerprint density at radius 1 is 1.07 bits per heavy atom. The first-order valence-corrected chi connectivity index (χ1v) is 13.0. The molecular weight excluding hydrogens is 522 g/mol. The van der Waals surface area contributed by atoms with Gasteiger partial charge in [0.25, 0.3) is 0 Å². The molecule has 1 atom stereocenters. The monoisotopic (exact) mass is 547 g/mol. The highest BCUT2D eigenvalue weighted by Gasteiger charge is 2.37. The summed E-state index contributed by atoms with van der Waals surface area (Å²) < 4.78 is 65.4. The number of rotatable bonds is 7. The van der Waals surface area contributed by atoms with Crippen molar-refractivity contribution in [3.8, 4) is 17.1 Å². The number of aromatic amines is 2. The Balaban J connectivity index is 1.35. The summed E-state index contributed by atoms with van der Waals surface area (Å²) in [6.45, 7) is 2.51. The minimum Gasteiger partial charge on any atom is -0.493 e. The summed E-state index contributed by atoms with van der Waals surface area (Å²) in [5, 5.41) is -0.0498. The smallest absolute Gasteiger partial charge is 0.183 e. The number of fused-ring (bicyclic) bond motifs is 2. The molecule has 1 unspecified atom stereocenters. The SMILES string of the molecule is CC1(c2cnc(-c3cc(Cc4c(F)c(F)c5[nH]ccc5c4F)ccc3F)[nH]2)CCOc2c(CCC=O)cccc21. The van der Waals surface area contributed by atoms with E-state index < -0.39 is 34.2 Å². The van der Waals surface area contributed by atoms with Crippen LogP contribution in [-0.2, 0) is 23.1 Å². The van der Waals surface area contributed by atoms with Gasteiger partial charge in [0.05, 0.1) is 17.7 Å². The summed E-state index contributed by atoms with van der Waals surface area (Å²) in [6.07, 6.45) is 5.20. The highest BCUT2D eigenvalue weighted by Crippen LogP contribution is 2.45. The number of aryl methyl sites for hydroxylation is 1. The van der Waals surface area contributed by atoms with Gasteiger partial charge in [-0.05, 0) is 49.1 Å². The first-order chi connectivity index (χ1) is 19.3. The number of carbonyl (C=O) groups is 1. The zero-order valence-corrected chi connectivity index (χ0v) is 21.6. The van der Waals surface area contributed by atoms with E-state index in [0.29, 0.717) is 31.4 Å². The average Bonchev–Trinajstić information content (AvgIpc) is 3.65. The number of hydrogen-bond donors (Lipinski definition) is 2. The summed E-state index contributed by atoms with van der Waals surface area (Å²) in [5.41, 5.74) is 1.98.